The number of nitrogens with one attached hydrogen (secondary N) is 1. The predicted octanol–water partition coefficient (Wildman–Crippen LogP) is 0.0590. The molecule has 1 atom stereocenters. The smallest absolute Gasteiger partial charge is 0.279 e. The molecule has 0 amide bonds. The van der Waals surface area contributed by atoms with Gasteiger partial charge in [0, 0.05) is 26.2 Å². The summed E-state index contributed by atoms with van der Waals surface area (Å²) in [6.45, 7) is 5.48. The zero-order valence-corrected chi connectivity index (χ0v) is 12.3. The number of nitrogens with two attached hydrogens (primary N) is 1. The maximum absolute atomic E-state index is 12.0. The number of nitrogens with zero attached hydrogens (tertiary/aromatic N) is 1. The van der Waals surface area contributed by atoms with Gasteiger partial charge in [0.15, 0.2) is 0 Å². The SMILES string of the molecule is CN(CCCN)S(=O)(=O)NC1CCOC(C)(C)C1. The molecule has 0 aliphatic carbocycles. The molecule has 18 heavy (non-hydrogen) atoms. The normalized spacial score (nSPS) is 24.4. The molecule has 0 aromatic carbocycles. The largest absolute Gasteiger partial charge is 0.375 e. The standard InChI is InChI=1S/C11H25N3O3S/c1-11(2)9-10(5-8-17-11)13-18(15,16)14(3)7-4-6-12/h10,13H,4-9,12H2,1-3H3. The summed E-state index contributed by atoms with van der Waals surface area (Å²) in [5.74, 6) is 0. The van der Waals surface area contributed by atoms with Gasteiger partial charge >= 0.3 is 0 Å². The summed E-state index contributed by atoms with van der Waals surface area (Å²) in [6, 6.07) is -0.0564. The third kappa shape index (κ3) is 4.81. The fourth-order valence-corrected chi connectivity index (χ4v) is 3.24. The van der Waals surface area contributed by atoms with E-state index in [9.17, 15) is 8.42 Å². The molecule has 1 aliphatic rings. The molecule has 0 aromatic rings. The average molecular weight is 279 g/mol. The van der Waals surface area contributed by atoms with Crippen LogP contribution in [0.4, 0.5) is 0 Å². The zero-order valence-electron chi connectivity index (χ0n) is 11.5. The van der Waals surface area contributed by atoms with Crippen LogP contribution >= 0.6 is 0 Å². The highest BCUT2D eigenvalue weighted by atomic mass is 32.2. The fraction of sp³-hybridized carbons (Fsp3) is 1.00. The van der Waals surface area contributed by atoms with Crippen LogP contribution in [-0.4, -0.2) is 51.1 Å². The van der Waals surface area contributed by atoms with Gasteiger partial charge in [-0.05, 0) is 39.7 Å². The summed E-state index contributed by atoms with van der Waals surface area (Å²) in [5.41, 5.74) is 5.12. The number of hydrogen-bond acceptors (Lipinski definition) is 4. The third-order valence-corrected chi connectivity index (χ3v) is 4.73. The first-order valence-electron chi connectivity index (χ1n) is 6.34. The second-order valence-electron chi connectivity index (χ2n) is 5.38. The zero-order chi connectivity index (χ0) is 13.8. The minimum atomic E-state index is -3.41. The highest BCUT2D eigenvalue weighted by Gasteiger charge is 2.32. The van der Waals surface area contributed by atoms with Crippen molar-refractivity contribution in [2.75, 3.05) is 26.7 Å². The van der Waals surface area contributed by atoms with Crippen LogP contribution in [0.5, 0.6) is 0 Å². The third-order valence-electron chi connectivity index (χ3n) is 3.10. The lowest BCUT2D eigenvalue weighted by Crippen LogP contribution is -2.49. The van der Waals surface area contributed by atoms with Crippen molar-refractivity contribution in [2.45, 2.75) is 44.8 Å². The van der Waals surface area contributed by atoms with E-state index in [0.29, 0.717) is 39.0 Å². The average Bonchev–Trinajstić information content (AvgIpc) is 2.23. The van der Waals surface area contributed by atoms with Gasteiger partial charge in [0.25, 0.3) is 10.2 Å². The van der Waals surface area contributed by atoms with Crippen molar-refractivity contribution in [3.05, 3.63) is 0 Å². The van der Waals surface area contributed by atoms with Crippen molar-refractivity contribution >= 4 is 10.2 Å². The number of rotatable bonds is 6. The van der Waals surface area contributed by atoms with Crippen molar-refractivity contribution < 1.29 is 13.2 Å². The molecule has 1 fully saturated rings. The van der Waals surface area contributed by atoms with Gasteiger partial charge in [-0.25, -0.2) is 0 Å². The summed E-state index contributed by atoms with van der Waals surface area (Å²) in [5, 5.41) is 0. The second kappa shape index (κ2) is 6.29. The Morgan fingerprint density at radius 1 is 1.50 bits per heavy atom. The van der Waals surface area contributed by atoms with E-state index >= 15 is 0 Å². The molecule has 1 rings (SSSR count). The van der Waals surface area contributed by atoms with Gasteiger partial charge in [-0.15, -0.1) is 0 Å². The van der Waals surface area contributed by atoms with E-state index in [1.54, 1.807) is 7.05 Å². The van der Waals surface area contributed by atoms with E-state index < -0.39 is 10.2 Å². The first-order chi connectivity index (χ1) is 8.27. The lowest BCUT2D eigenvalue weighted by molar-refractivity contribution is -0.0600. The van der Waals surface area contributed by atoms with E-state index in [4.69, 9.17) is 10.5 Å². The summed E-state index contributed by atoms with van der Waals surface area (Å²) in [4.78, 5) is 0. The second-order valence-corrected chi connectivity index (χ2v) is 7.19. The Labute approximate surface area is 110 Å². The van der Waals surface area contributed by atoms with Crippen LogP contribution in [0.1, 0.15) is 33.1 Å². The Bertz CT molecular complexity index is 357. The molecule has 1 aliphatic heterocycles. The molecule has 0 aromatic heterocycles. The summed E-state index contributed by atoms with van der Waals surface area (Å²) in [7, 11) is -1.84. The fourth-order valence-electron chi connectivity index (χ4n) is 2.07. The van der Waals surface area contributed by atoms with Crippen molar-refractivity contribution in [1.82, 2.24) is 9.03 Å². The topological polar surface area (TPSA) is 84.7 Å². The van der Waals surface area contributed by atoms with E-state index in [1.807, 2.05) is 13.8 Å². The van der Waals surface area contributed by atoms with Crippen LogP contribution in [0, 0.1) is 0 Å². The Kier molecular flexibility index (Phi) is 5.54. The molecule has 108 valence electrons. The van der Waals surface area contributed by atoms with Crippen LogP contribution in [0.15, 0.2) is 0 Å². The van der Waals surface area contributed by atoms with E-state index in [1.165, 1.54) is 4.31 Å². The Hall–Kier alpha value is -0.210. The summed E-state index contributed by atoms with van der Waals surface area (Å²) >= 11 is 0. The predicted molar refractivity (Wildman–Crippen MR) is 71.4 cm³/mol. The van der Waals surface area contributed by atoms with Gasteiger partial charge in [0.2, 0.25) is 0 Å². The Morgan fingerprint density at radius 3 is 2.72 bits per heavy atom. The lowest BCUT2D eigenvalue weighted by Gasteiger charge is -2.36. The van der Waals surface area contributed by atoms with Gasteiger partial charge in [-0.3, -0.25) is 0 Å². The molecule has 0 radical (unpaired) electrons. The molecule has 7 heteroatoms. The van der Waals surface area contributed by atoms with Gasteiger partial charge in [-0.2, -0.15) is 17.4 Å². The monoisotopic (exact) mass is 279 g/mol. The van der Waals surface area contributed by atoms with E-state index in [-0.39, 0.29) is 11.6 Å². The van der Waals surface area contributed by atoms with E-state index in [0.717, 1.165) is 0 Å². The van der Waals surface area contributed by atoms with Gasteiger partial charge in [0.1, 0.15) is 0 Å². The minimum Gasteiger partial charge on any atom is -0.375 e. The van der Waals surface area contributed by atoms with Crippen molar-refractivity contribution in [2.24, 2.45) is 5.73 Å². The molecule has 6 nitrogen and oxygen atoms in total. The maximum atomic E-state index is 12.0. The van der Waals surface area contributed by atoms with E-state index in [2.05, 4.69) is 4.72 Å². The van der Waals surface area contributed by atoms with Crippen LogP contribution in [0.3, 0.4) is 0 Å². The summed E-state index contributed by atoms with van der Waals surface area (Å²) in [6.07, 6.45) is 2.07. The molecule has 1 saturated heterocycles. The minimum absolute atomic E-state index is 0.0564. The van der Waals surface area contributed by atoms with Crippen LogP contribution in [0.2, 0.25) is 0 Å². The quantitative estimate of drug-likeness (QED) is 0.720. The highest BCUT2D eigenvalue weighted by Crippen LogP contribution is 2.24. The molecule has 1 heterocycles. The maximum Gasteiger partial charge on any atom is 0.279 e. The van der Waals surface area contributed by atoms with Crippen LogP contribution in [-0.2, 0) is 14.9 Å². The molecular weight excluding hydrogens is 254 g/mol. The molecule has 3 N–H and O–H groups in total. The first-order valence-corrected chi connectivity index (χ1v) is 7.78. The number of ether oxygens (including phenoxy) is 1. The molecular formula is C11H25N3O3S. The van der Waals surface area contributed by atoms with Crippen molar-refractivity contribution in [3.63, 3.8) is 0 Å². The summed E-state index contributed by atoms with van der Waals surface area (Å²) < 4.78 is 33.7. The van der Waals surface area contributed by atoms with Gasteiger partial charge in [-0.1, -0.05) is 0 Å². The van der Waals surface area contributed by atoms with Crippen LogP contribution < -0.4 is 10.5 Å². The molecule has 0 saturated carbocycles. The van der Waals surface area contributed by atoms with Gasteiger partial charge in [0.05, 0.1) is 5.60 Å². The van der Waals surface area contributed by atoms with Crippen molar-refractivity contribution in [3.8, 4) is 0 Å². The lowest BCUT2D eigenvalue weighted by atomic mass is 9.95. The molecule has 0 bridgehead atoms. The van der Waals surface area contributed by atoms with Crippen molar-refractivity contribution in [1.29, 1.82) is 0 Å². The van der Waals surface area contributed by atoms with Crippen LogP contribution in [0.25, 0.3) is 0 Å². The molecule has 1 unspecified atom stereocenters. The first kappa shape index (κ1) is 15.8. The highest BCUT2D eigenvalue weighted by molar-refractivity contribution is 7.87. The molecule has 0 spiro atoms. The van der Waals surface area contributed by atoms with Gasteiger partial charge < -0.3 is 10.5 Å². The Morgan fingerprint density at radius 2 is 2.17 bits per heavy atom. The Balaban J connectivity index is 2.54. The number of hydrogen-bond donors (Lipinski definition) is 2.